The van der Waals surface area contributed by atoms with Gasteiger partial charge in [-0.2, -0.15) is 14.9 Å². The Hall–Kier alpha value is -2.35. The van der Waals surface area contributed by atoms with Crippen LogP contribution in [-0.2, 0) is 0 Å². The number of hydrogen-bond acceptors (Lipinski definition) is 5. The first-order chi connectivity index (χ1) is 10.6. The highest BCUT2D eigenvalue weighted by atomic mass is 32.1. The Morgan fingerprint density at radius 2 is 2.05 bits per heavy atom. The van der Waals surface area contributed by atoms with E-state index < -0.39 is 4.92 Å². The minimum atomic E-state index is -0.432. The number of H-pyrrole nitrogens is 1. The van der Waals surface area contributed by atoms with E-state index >= 15 is 0 Å². The Balaban J connectivity index is 2.28. The number of nitrogens with one attached hydrogen (secondary N) is 1. The lowest BCUT2D eigenvalue weighted by molar-refractivity contribution is -0.384. The molecule has 0 unspecified atom stereocenters. The summed E-state index contributed by atoms with van der Waals surface area (Å²) < 4.78 is 2.04. The van der Waals surface area contributed by atoms with Crippen LogP contribution in [0.15, 0.2) is 29.4 Å². The second-order valence-electron chi connectivity index (χ2n) is 4.81. The van der Waals surface area contributed by atoms with Crippen molar-refractivity contribution in [2.75, 3.05) is 0 Å². The maximum Gasteiger partial charge on any atom is 0.269 e. The van der Waals surface area contributed by atoms with Crippen LogP contribution in [-0.4, -0.2) is 26.0 Å². The molecule has 1 aromatic carbocycles. The lowest BCUT2D eigenvalue weighted by atomic mass is 10.0. The smallest absolute Gasteiger partial charge is 0.258 e. The molecule has 0 amide bonds. The number of nitro groups is 1. The maximum atomic E-state index is 10.6. The summed E-state index contributed by atoms with van der Waals surface area (Å²) in [5.41, 5.74) is 0.805. The van der Waals surface area contributed by atoms with Crippen molar-refractivity contribution in [2.24, 2.45) is 5.10 Å². The first-order valence-corrected chi connectivity index (χ1v) is 7.43. The minimum Gasteiger partial charge on any atom is -0.258 e. The number of non-ortho nitro benzene ring substituents is 1. The standard InChI is InChI=1S/C14H17N5O2S/c1-3-11(4-2)13-16-17-14(22)18(13)15-9-10-5-7-12(8-6-10)19(20)21/h5-9,11H,3-4H2,1-2H3,(H,17,22)/b15-9-. The van der Waals surface area contributed by atoms with Crippen LogP contribution in [0, 0.1) is 14.9 Å². The van der Waals surface area contributed by atoms with Gasteiger partial charge in [-0.1, -0.05) is 13.8 Å². The van der Waals surface area contributed by atoms with Crippen molar-refractivity contribution < 1.29 is 4.92 Å². The van der Waals surface area contributed by atoms with E-state index in [-0.39, 0.29) is 11.6 Å². The molecule has 1 aromatic heterocycles. The topological polar surface area (TPSA) is 89.1 Å². The molecule has 7 nitrogen and oxygen atoms in total. The largest absolute Gasteiger partial charge is 0.269 e. The first kappa shape index (κ1) is 16.0. The highest BCUT2D eigenvalue weighted by Crippen LogP contribution is 2.21. The van der Waals surface area contributed by atoms with Crippen LogP contribution in [0.3, 0.4) is 0 Å². The van der Waals surface area contributed by atoms with E-state index in [0.29, 0.717) is 4.77 Å². The van der Waals surface area contributed by atoms with E-state index in [9.17, 15) is 10.1 Å². The van der Waals surface area contributed by atoms with Gasteiger partial charge in [0.1, 0.15) is 0 Å². The van der Waals surface area contributed by atoms with E-state index in [0.717, 1.165) is 24.2 Å². The van der Waals surface area contributed by atoms with Gasteiger partial charge in [-0.15, -0.1) is 0 Å². The van der Waals surface area contributed by atoms with Gasteiger partial charge in [0.15, 0.2) is 5.82 Å². The molecule has 0 spiro atoms. The lowest BCUT2D eigenvalue weighted by Crippen LogP contribution is -2.05. The third-order valence-corrected chi connectivity index (χ3v) is 3.72. The molecule has 0 aliphatic heterocycles. The third kappa shape index (κ3) is 3.45. The molecule has 0 radical (unpaired) electrons. The number of rotatable bonds is 6. The Morgan fingerprint density at radius 1 is 1.41 bits per heavy atom. The van der Waals surface area contributed by atoms with Gasteiger partial charge in [-0.05, 0) is 42.8 Å². The van der Waals surface area contributed by atoms with Gasteiger partial charge in [-0.3, -0.25) is 15.2 Å². The third-order valence-electron chi connectivity index (χ3n) is 3.45. The van der Waals surface area contributed by atoms with E-state index in [1.165, 1.54) is 12.1 Å². The van der Waals surface area contributed by atoms with Crippen molar-refractivity contribution in [3.63, 3.8) is 0 Å². The zero-order valence-corrected chi connectivity index (χ0v) is 13.2. The Bertz CT molecular complexity index is 728. The van der Waals surface area contributed by atoms with Crippen molar-refractivity contribution in [2.45, 2.75) is 32.6 Å². The van der Waals surface area contributed by atoms with E-state index in [2.05, 4.69) is 29.1 Å². The van der Waals surface area contributed by atoms with Crippen LogP contribution in [0.5, 0.6) is 0 Å². The molecule has 0 aliphatic carbocycles. The molecule has 1 heterocycles. The average Bonchev–Trinajstić information content (AvgIpc) is 2.88. The average molecular weight is 319 g/mol. The van der Waals surface area contributed by atoms with Crippen molar-refractivity contribution in [1.29, 1.82) is 0 Å². The molecule has 0 fully saturated rings. The van der Waals surface area contributed by atoms with Gasteiger partial charge in [-0.25, -0.2) is 0 Å². The van der Waals surface area contributed by atoms with Crippen LogP contribution in [0.2, 0.25) is 0 Å². The Kier molecular flexibility index (Phi) is 5.16. The fraction of sp³-hybridized carbons (Fsp3) is 0.357. The van der Waals surface area contributed by atoms with Crippen molar-refractivity contribution in [1.82, 2.24) is 14.9 Å². The predicted octanol–water partition coefficient (Wildman–Crippen LogP) is 3.63. The van der Waals surface area contributed by atoms with Crippen LogP contribution in [0.25, 0.3) is 0 Å². The number of benzene rings is 1. The number of nitro benzene ring substituents is 1. The van der Waals surface area contributed by atoms with Crippen LogP contribution >= 0.6 is 12.2 Å². The number of aromatic nitrogens is 3. The molecule has 8 heteroatoms. The summed E-state index contributed by atoms with van der Waals surface area (Å²) in [6.45, 7) is 4.19. The van der Waals surface area contributed by atoms with Gasteiger partial charge in [0.05, 0.1) is 11.1 Å². The quantitative estimate of drug-likeness (QED) is 0.381. The second kappa shape index (κ2) is 7.08. The zero-order valence-electron chi connectivity index (χ0n) is 12.4. The summed E-state index contributed by atoms with van der Waals surface area (Å²) in [6.07, 6.45) is 3.51. The predicted molar refractivity (Wildman–Crippen MR) is 86.8 cm³/mol. The molecule has 0 saturated heterocycles. The molecule has 0 saturated carbocycles. The summed E-state index contributed by atoms with van der Waals surface area (Å²) in [5, 5.41) is 22.0. The SMILES string of the molecule is CCC(CC)c1n[nH]c(=S)n1/N=C\c1ccc([N+](=O)[O-])cc1. The van der Waals surface area contributed by atoms with Crippen LogP contribution in [0.4, 0.5) is 5.69 Å². The van der Waals surface area contributed by atoms with Crippen LogP contribution in [0.1, 0.15) is 44.0 Å². The number of hydrogen-bond donors (Lipinski definition) is 1. The number of aromatic amines is 1. The summed E-state index contributed by atoms with van der Waals surface area (Å²) in [6, 6.07) is 6.17. The van der Waals surface area contributed by atoms with Gasteiger partial charge in [0, 0.05) is 18.1 Å². The van der Waals surface area contributed by atoms with Gasteiger partial charge >= 0.3 is 0 Å². The van der Waals surface area contributed by atoms with Gasteiger partial charge < -0.3 is 0 Å². The molecular weight excluding hydrogens is 302 g/mol. The van der Waals surface area contributed by atoms with Crippen molar-refractivity contribution in [3.05, 3.63) is 50.5 Å². The van der Waals surface area contributed by atoms with Gasteiger partial charge in [0.25, 0.3) is 5.69 Å². The Morgan fingerprint density at radius 3 is 2.59 bits per heavy atom. The van der Waals surface area contributed by atoms with Crippen molar-refractivity contribution >= 4 is 24.1 Å². The van der Waals surface area contributed by atoms with Crippen molar-refractivity contribution in [3.8, 4) is 0 Å². The molecule has 0 aliphatic rings. The monoisotopic (exact) mass is 319 g/mol. The summed E-state index contributed by atoms with van der Waals surface area (Å²) >= 11 is 5.20. The van der Waals surface area contributed by atoms with E-state index in [4.69, 9.17) is 12.2 Å². The molecule has 0 atom stereocenters. The van der Waals surface area contributed by atoms with Crippen LogP contribution < -0.4 is 0 Å². The minimum absolute atomic E-state index is 0.0507. The molecule has 2 aromatic rings. The second-order valence-corrected chi connectivity index (χ2v) is 5.19. The fourth-order valence-electron chi connectivity index (χ4n) is 2.14. The normalized spacial score (nSPS) is 11.4. The van der Waals surface area contributed by atoms with E-state index in [1.807, 2.05) is 0 Å². The summed E-state index contributed by atoms with van der Waals surface area (Å²) in [5.74, 6) is 1.08. The first-order valence-electron chi connectivity index (χ1n) is 7.02. The summed E-state index contributed by atoms with van der Waals surface area (Å²) in [4.78, 5) is 10.2. The molecular formula is C14H17N5O2S. The molecule has 0 bridgehead atoms. The zero-order chi connectivity index (χ0) is 16.1. The highest BCUT2D eigenvalue weighted by Gasteiger charge is 2.14. The summed E-state index contributed by atoms with van der Waals surface area (Å²) in [7, 11) is 0. The number of nitrogens with zero attached hydrogens (tertiary/aromatic N) is 4. The van der Waals surface area contributed by atoms with E-state index in [1.54, 1.807) is 23.0 Å². The fourth-order valence-corrected chi connectivity index (χ4v) is 2.33. The lowest BCUT2D eigenvalue weighted by Gasteiger charge is -2.10. The molecule has 2 rings (SSSR count). The molecule has 116 valence electrons. The molecule has 1 N–H and O–H groups in total. The van der Waals surface area contributed by atoms with Gasteiger partial charge in [0.2, 0.25) is 4.77 Å². The molecule has 22 heavy (non-hydrogen) atoms. The highest BCUT2D eigenvalue weighted by molar-refractivity contribution is 7.71. The Labute approximate surface area is 132 Å². The maximum absolute atomic E-state index is 10.6.